The van der Waals surface area contributed by atoms with Gasteiger partial charge in [-0.05, 0) is 19.1 Å². The van der Waals surface area contributed by atoms with Crippen LogP contribution in [-0.2, 0) is 0 Å². The van der Waals surface area contributed by atoms with Crippen LogP contribution in [0.15, 0.2) is 47.6 Å². The van der Waals surface area contributed by atoms with Crippen molar-refractivity contribution in [2.45, 2.75) is 6.92 Å². The highest BCUT2D eigenvalue weighted by molar-refractivity contribution is 5.96. The molecular formula is C15H12N4O5. The number of nitro groups is 2. The first kappa shape index (κ1) is 16.7. The van der Waals surface area contributed by atoms with E-state index < -0.39 is 15.8 Å². The van der Waals surface area contributed by atoms with Crippen LogP contribution in [0, 0.1) is 27.2 Å². The van der Waals surface area contributed by atoms with Crippen LogP contribution in [0.5, 0.6) is 0 Å². The summed E-state index contributed by atoms with van der Waals surface area (Å²) in [5, 5.41) is 25.4. The highest BCUT2D eigenvalue weighted by atomic mass is 16.6. The Morgan fingerprint density at radius 2 is 1.75 bits per heavy atom. The molecule has 2 rings (SSSR count). The number of hydrogen-bond acceptors (Lipinski definition) is 6. The Hall–Kier alpha value is -3.62. The predicted molar refractivity (Wildman–Crippen MR) is 86.0 cm³/mol. The fourth-order valence-electron chi connectivity index (χ4n) is 1.94. The van der Waals surface area contributed by atoms with E-state index in [1.165, 1.54) is 30.3 Å². The lowest BCUT2D eigenvalue weighted by molar-refractivity contribution is -0.385. The normalized spacial score (nSPS) is 10.5. The third kappa shape index (κ3) is 3.77. The molecule has 0 aromatic heterocycles. The van der Waals surface area contributed by atoms with E-state index in [1.807, 2.05) is 0 Å². The van der Waals surface area contributed by atoms with Gasteiger partial charge in [0.1, 0.15) is 0 Å². The van der Waals surface area contributed by atoms with Gasteiger partial charge < -0.3 is 0 Å². The standard InChI is InChI=1S/C15H12N4O5/c1-10-6-7-11(8-14(10)19(23)24)15(20)17-16-9-12-4-2-3-5-13(12)18(21)22/h2-9H,1H3,(H,17,20)/b16-9-. The second-order valence-corrected chi connectivity index (χ2v) is 4.77. The van der Waals surface area contributed by atoms with Gasteiger partial charge in [-0.1, -0.05) is 18.2 Å². The van der Waals surface area contributed by atoms with Crippen LogP contribution in [-0.4, -0.2) is 22.0 Å². The lowest BCUT2D eigenvalue weighted by Gasteiger charge is -2.02. The zero-order valence-corrected chi connectivity index (χ0v) is 12.5. The Labute approximate surface area is 135 Å². The molecule has 0 heterocycles. The van der Waals surface area contributed by atoms with Gasteiger partial charge in [-0.25, -0.2) is 5.43 Å². The summed E-state index contributed by atoms with van der Waals surface area (Å²) in [6.07, 6.45) is 1.14. The molecule has 9 nitrogen and oxygen atoms in total. The molecule has 0 aliphatic carbocycles. The third-order valence-electron chi connectivity index (χ3n) is 3.17. The van der Waals surface area contributed by atoms with Crippen LogP contribution in [0.3, 0.4) is 0 Å². The third-order valence-corrected chi connectivity index (χ3v) is 3.17. The van der Waals surface area contributed by atoms with Gasteiger partial charge in [0.25, 0.3) is 17.3 Å². The van der Waals surface area contributed by atoms with Gasteiger partial charge in [0.15, 0.2) is 0 Å². The first-order valence-electron chi connectivity index (χ1n) is 6.72. The van der Waals surface area contributed by atoms with Crippen LogP contribution < -0.4 is 5.43 Å². The summed E-state index contributed by atoms with van der Waals surface area (Å²) in [6.45, 7) is 1.56. The zero-order valence-electron chi connectivity index (χ0n) is 12.5. The van der Waals surface area contributed by atoms with Crippen molar-refractivity contribution >= 4 is 23.5 Å². The summed E-state index contributed by atoms with van der Waals surface area (Å²) >= 11 is 0. The fourth-order valence-corrected chi connectivity index (χ4v) is 1.94. The lowest BCUT2D eigenvalue weighted by Crippen LogP contribution is -2.18. The molecule has 0 atom stereocenters. The van der Waals surface area contributed by atoms with Crippen molar-refractivity contribution in [3.8, 4) is 0 Å². The van der Waals surface area contributed by atoms with Crippen molar-refractivity contribution in [2.24, 2.45) is 5.10 Å². The molecular weight excluding hydrogens is 316 g/mol. The summed E-state index contributed by atoms with van der Waals surface area (Å²) in [4.78, 5) is 32.6. The maximum absolute atomic E-state index is 12.0. The molecule has 0 saturated heterocycles. The number of nitro benzene ring substituents is 2. The Kier molecular flexibility index (Phi) is 4.95. The SMILES string of the molecule is Cc1ccc(C(=O)N/N=C\c2ccccc2[N+](=O)[O-])cc1[N+](=O)[O-]. The van der Waals surface area contributed by atoms with Gasteiger partial charge in [0.2, 0.25) is 0 Å². The number of hydrogen-bond donors (Lipinski definition) is 1. The van der Waals surface area contributed by atoms with Crippen molar-refractivity contribution in [2.75, 3.05) is 0 Å². The first-order valence-corrected chi connectivity index (χ1v) is 6.72. The van der Waals surface area contributed by atoms with E-state index >= 15 is 0 Å². The van der Waals surface area contributed by atoms with E-state index in [4.69, 9.17) is 0 Å². The van der Waals surface area contributed by atoms with Crippen LogP contribution in [0.4, 0.5) is 11.4 Å². The molecule has 9 heteroatoms. The molecule has 24 heavy (non-hydrogen) atoms. The highest BCUT2D eigenvalue weighted by Gasteiger charge is 2.15. The van der Waals surface area contributed by atoms with E-state index in [0.717, 1.165) is 12.3 Å². The molecule has 0 bridgehead atoms. The number of hydrazone groups is 1. The Bertz CT molecular complexity index is 848. The predicted octanol–water partition coefficient (Wildman–Crippen LogP) is 2.58. The minimum absolute atomic E-state index is 0.0620. The molecule has 0 radical (unpaired) electrons. The second kappa shape index (κ2) is 7.09. The van der Waals surface area contributed by atoms with Gasteiger partial charge in [-0.2, -0.15) is 5.10 Å². The second-order valence-electron chi connectivity index (χ2n) is 4.77. The van der Waals surface area contributed by atoms with Gasteiger partial charge in [0, 0.05) is 23.3 Å². The van der Waals surface area contributed by atoms with E-state index in [0.29, 0.717) is 5.56 Å². The van der Waals surface area contributed by atoms with Crippen LogP contribution in [0.25, 0.3) is 0 Å². The summed E-state index contributed by atoms with van der Waals surface area (Å²) in [5.41, 5.74) is 2.57. The van der Waals surface area contributed by atoms with E-state index in [9.17, 15) is 25.0 Å². The summed E-state index contributed by atoms with van der Waals surface area (Å²) in [7, 11) is 0. The number of nitrogens with one attached hydrogen (secondary N) is 1. The fraction of sp³-hybridized carbons (Fsp3) is 0.0667. The maximum atomic E-state index is 12.0. The monoisotopic (exact) mass is 328 g/mol. The average Bonchev–Trinajstić information content (AvgIpc) is 2.55. The van der Waals surface area contributed by atoms with Crippen LogP contribution in [0.2, 0.25) is 0 Å². The number of nitrogens with zero attached hydrogens (tertiary/aromatic N) is 3. The van der Waals surface area contributed by atoms with E-state index in [-0.39, 0.29) is 22.5 Å². The number of para-hydroxylation sites is 1. The summed E-state index contributed by atoms with van der Waals surface area (Å²) < 4.78 is 0. The molecule has 1 amide bonds. The molecule has 0 unspecified atom stereocenters. The first-order chi connectivity index (χ1) is 11.4. The summed E-state index contributed by atoms with van der Waals surface area (Å²) in [6, 6.07) is 9.93. The zero-order chi connectivity index (χ0) is 17.7. The minimum Gasteiger partial charge on any atom is -0.267 e. The molecule has 0 aliphatic rings. The highest BCUT2D eigenvalue weighted by Crippen LogP contribution is 2.19. The van der Waals surface area contributed by atoms with Crippen molar-refractivity contribution in [1.82, 2.24) is 5.43 Å². The number of aryl methyl sites for hydroxylation is 1. The number of amides is 1. The molecule has 1 N–H and O–H groups in total. The molecule has 0 aliphatic heterocycles. The van der Waals surface area contributed by atoms with Crippen molar-refractivity contribution in [3.63, 3.8) is 0 Å². The van der Waals surface area contributed by atoms with Crippen molar-refractivity contribution in [1.29, 1.82) is 0 Å². The molecule has 0 spiro atoms. The van der Waals surface area contributed by atoms with E-state index in [2.05, 4.69) is 10.5 Å². The van der Waals surface area contributed by atoms with Crippen LogP contribution >= 0.6 is 0 Å². The largest absolute Gasteiger partial charge is 0.278 e. The molecule has 122 valence electrons. The lowest BCUT2D eigenvalue weighted by atomic mass is 10.1. The Balaban J connectivity index is 2.15. The smallest absolute Gasteiger partial charge is 0.267 e. The maximum Gasteiger partial charge on any atom is 0.278 e. The summed E-state index contributed by atoms with van der Waals surface area (Å²) in [5.74, 6) is -0.659. The van der Waals surface area contributed by atoms with E-state index in [1.54, 1.807) is 13.0 Å². The van der Waals surface area contributed by atoms with Crippen molar-refractivity contribution < 1.29 is 14.6 Å². The van der Waals surface area contributed by atoms with Gasteiger partial charge in [-0.3, -0.25) is 25.0 Å². The minimum atomic E-state index is -0.659. The average molecular weight is 328 g/mol. The Morgan fingerprint density at radius 3 is 2.42 bits per heavy atom. The number of rotatable bonds is 5. The van der Waals surface area contributed by atoms with Gasteiger partial charge in [-0.15, -0.1) is 0 Å². The molecule has 2 aromatic carbocycles. The molecule has 0 saturated carbocycles. The van der Waals surface area contributed by atoms with Gasteiger partial charge >= 0.3 is 0 Å². The topological polar surface area (TPSA) is 128 Å². The molecule has 0 fully saturated rings. The molecule has 2 aromatic rings. The Morgan fingerprint density at radius 1 is 1.08 bits per heavy atom. The van der Waals surface area contributed by atoms with Crippen molar-refractivity contribution in [3.05, 3.63) is 79.4 Å². The quantitative estimate of drug-likeness (QED) is 0.512. The number of carbonyl (C=O) groups is 1. The van der Waals surface area contributed by atoms with Gasteiger partial charge in [0.05, 0.1) is 21.6 Å². The number of carbonyl (C=O) groups excluding carboxylic acids is 1. The van der Waals surface area contributed by atoms with Crippen LogP contribution in [0.1, 0.15) is 21.5 Å². The number of benzene rings is 2.